The van der Waals surface area contributed by atoms with Crippen LogP contribution in [0.4, 0.5) is 11.6 Å². The summed E-state index contributed by atoms with van der Waals surface area (Å²) in [5, 5.41) is 7.19. The van der Waals surface area contributed by atoms with E-state index in [4.69, 9.17) is 9.97 Å². The van der Waals surface area contributed by atoms with Gasteiger partial charge in [-0.2, -0.15) is 4.98 Å². The van der Waals surface area contributed by atoms with Gasteiger partial charge in [-0.25, -0.2) is 24.3 Å². The molecule has 0 atom stereocenters. The molecule has 2 N–H and O–H groups in total. The second-order valence-electron chi connectivity index (χ2n) is 9.82. The molecular formula is C25H28N8O. The normalized spacial score (nSPS) is 16.6. The highest BCUT2D eigenvalue weighted by Gasteiger charge is 2.42. The molecule has 1 aliphatic carbocycles. The molecule has 0 amide bonds. The number of anilines is 2. The van der Waals surface area contributed by atoms with Crippen LogP contribution in [-0.2, 0) is 18.4 Å². The Morgan fingerprint density at radius 3 is 2.76 bits per heavy atom. The second-order valence-corrected chi connectivity index (χ2v) is 9.82. The fraction of sp³-hybridized carbons (Fsp3) is 0.400. The van der Waals surface area contributed by atoms with Gasteiger partial charge in [-0.3, -0.25) is 4.79 Å². The van der Waals surface area contributed by atoms with Gasteiger partial charge in [0.15, 0.2) is 11.5 Å². The average molecular weight is 457 g/mol. The van der Waals surface area contributed by atoms with E-state index in [9.17, 15) is 4.79 Å². The first-order valence-electron chi connectivity index (χ1n) is 11.9. The standard InChI is InChI=1S/C25H28N8O/c1-15(2)32-22(34)19-14-28-24(29-18-5-4-16-6-10-26-13-17(16)12-18)31-21(19)33(32)20-7-11-27-23(30-20)25(3)8-9-25/h4-5,7,11-12,14-15,26H,6,8-10,13H2,1-3H3,(H,28,29,31). The molecule has 0 unspecified atom stereocenters. The van der Waals surface area contributed by atoms with Crippen LogP contribution in [0.5, 0.6) is 0 Å². The SMILES string of the molecule is CC(C)n1c(=O)c2cnc(Nc3ccc4c(c3)CNCC4)nc2n1-c1ccnc(C2(C)CC2)n1. The highest BCUT2D eigenvalue weighted by Crippen LogP contribution is 2.45. The van der Waals surface area contributed by atoms with Crippen LogP contribution < -0.4 is 16.2 Å². The Balaban J connectivity index is 1.46. The zero-order valence-corrected chi connectivity index (χ0v) is 19.7. The molecule has 4 aromatic rings. The minimum Gasteiger partial charge on any atom is -0.324 e. The van der Waals surface area contributed by atoms with Gasteiger partial charge in [0.2, 0.25) is 5.95 Å². The van der Waals surface area contributed by atoms with Crippen molar-refractivity contribution in [2.45, 2.75) is 58.0 Å². The smallest absolute Gasteiger partial charge is 0.278 e. The Kier molecular flexibility index (Phi) is 4.77. The molecule has 9 nitrogen and oxygen atoms in total. The number of aromatic nitrogens is 6. The molecule has 1 aromatic carbocycles. The third-order valence-electron chi connectivity index (χ3n) is 6.86. The lowest BCUT2D eigenvalue weighted by Gasteiger charge is -2.18. The van der Waals surface area contributed by atoms with Crippen LogP contribution in [0.1, 0.15) is 56.6 Å². The molecule has 4 heterocycles. The molecule has 0 bridgehead atoms. The van der Waals surface area contributed by atoms with Crippen molar-refractivity contribution in [3.63, 3.8) is 0 Å². The molecule has 9 heteroatoms. The maximum absolute atomic E-state index is 13.3. The molecular weight excluding hydrogens is 428 g/mol. The van der Waals surface area contributed by atoms with Crippen molar-refractivity contribution in [2.75, 3.05) is 11.9 Å². The van der Waals surface area contributed by atoms with E-state index in [1.165, 1.54) is 11.1 Å². The first kappa shape index (κ1) is 21.0. The van der Waals surface area contributed by atoms with Crippen molar-refractivity contribution in [3.8, 4) is 5.82 Å². The highest BCUT2D eigenvalue weighted by atomic mass is 16.1. The Labute approximate surface area is 197 Å². The first-order valence-corrected chi connectivity index (χ1v) is 11.9. The Bertz CT molecular complexity index is 1460. The van der Waals surface area contributed by atoms with Gasteiger partial charge in [-0.15, -0.1) is 0 Å². The number of rotatable bonds is 5. The predicted octanol–water partition coefficient (Wildman–Crippen LogP) is 3.39. The fourth-order valence-corrected chi connectivity index (χ4v) is 4.60. The Hall–Kier alpha value is -3.59. The lowest BCUT2D eigenvalue weighted by Crippen LogP contribution is -2.25. The molecule has 174 valence electrons. The molecule has 1 fully saturated rings. The fourth-order valence-electron chi connectivity index (χ4n) is 4.60. The van der Waals surface area contributed by atoms with Crippen LogP contribution in [0.2, 0.25) is 0 Å². The number of fused-ring (bicyclic) bond motifs is 2. The van der Waals surface area contributed by atoms with E-state index in [1.807, 2.05) is 24.6 Å². The molecule has 0 radical (unpaired) electrons. The minimum atomic E-state index is -0.130. The van der Waals surface area contributed by atoms with E-state index >= 15 is 0 Å². The zero-order chi connectivity index (χ0) is 23.4. The molecule has 3 aromatic heterocycles. The summed E-state index contributed by atoms with van der Waals surface area (Å²) in [5.74, 6) is 1.89. The van der Waals surface area contributed by atoms with Gasteiger partial charge >= 0.3 is 0 Å². The summed E-state index contributed by atoms with van der Waals surface area (Å²) in [6.07, 6.45) is 6.56. The van der Waals surface area contributed by atoms with Crippen LogP contribution in [0.3, 0.4) is 0 Å². The molecule has 6 rings (SSSR count). The summed E-state index contributed by atoms with van der Waals surface area (Å²) in [5.41, 5.74) is 3.99. The summed E-state index contributed by atoms with van der Waals surface area (Å²) >= 11 is 0. The van der Waals surface area contributed by atoms with Crippen LogP contribution in [0.25, 0.3) is 16.9 Å². The van der Waals surface area contributed by atoms with E-state index in [0.717, 1.165) is 43.9 Å². The van der Waals surface area contributed by atoms with E-state index in [-0.39, 0.29) is 17.0 Å². The van der Waals surface area contributed by atoms with Crippen molar-refractivity contribution in [3.05, 3.63) is 64.0 Å². The molecule has 0 saturated heterocycles. The predicted molar refractivity (Wildman–Crippen MR) is 131 cm³/mol. The topological polar surface area (TPSA) is 103 Å². The minimum absolute atomic E-state index is 0.0188. The van der Waals surface area contributed by atoms with Crippen molar-refractivity contribution in [1.29, 1.82) is 0 Å². The lowest BCUT2D eigenvalue weighted by molar-refractivity contribution is 0.470. The average Bonchev–Trinajstić information content (AvgIpc) is 3.53. The Morgan fingerprint density at radius 2 is 1.97 bits per heavy atom. The van der Waals surface area contributed by atoms with Crippen LogP contribution in [0, 0.1) is 0 Å². The van der Waals surface area contributed by atoms with Crippen molar-refractivity contribution < 1.29 is 0 Å². The van der Waals surface area contributed by atoms with Gasteiger partial charge in [-0.05, 0) is 62.9 Å². The van der Waals surface area contributed by atoms with Crippen LogP contribution >= 0.6 is 0 Å². The van der Waals surface area contributed by atoms with Gasteiger partial charge in [0.05, 0.1) is 0 Å². The van der Waals surface area contributed by atoms with E-state index < -0.39 is 0 Å². The third kappa shape index (κ3) is 3.47. The maximum Gasteiger partial charge on any atom is 0.278 e. The summed E-state index contributed by atoms with van der Waals surface area (Å²) in [7, 11) is 0. The maximum atomic E-state index is 13.3. The van der Waals surface area contributed by atoms with E-state index in [2.05, 4.69) is 45.7 Å². The molecule has 34 heavy (non-hydrogen) atoms. The molecule has 1 aliphatic heterocycles. The quantitative estimate of drug-likeness (QED) is 0.474. The lowest BCUT2D eigenvalue weighted by atomic mass is 10.0. The van der Waals surface area contributed by atoms with Gasteiger partial charge in [0, 0.05) is 42.1 Å². The summed E-state index contributed by atoms with van der Waals surface area (Å²) < 4.78 is 3.50. The Morgan fingerprint density at radius 1 is 1.12 bits per heavy atom. The number of nitrogens with one attached hydrogen (secondary N) is 2. The largest absolute Gasteiger partial charge is 0.324 e. The monoisotopic (exact) mass is 456 g/mol. The van der Waals surface area contributed by atoms with Gasteiger partial charge < -0.3 is 10.6 Å². The van der Waals surface area contributed by atoms with Crippen LogP contribution in [-0.4, -0.2) is 35.8 Å². The van der Waals surface area contributed by atoms with Crippen LogP contribution in [0.15, 0.2) is 41.5 Å². The first-order chi connectivity index (χ1) is 16.4. The van der Waals surface area contributed by atoms with E-state index in [1.54, 1.807) is 17.1 Å². The number of hydrogen-bond donors (Lipinski definition) is 2. The number of benzene rings is 1. The van der Waals surface area contributed by atoms with Gasteiger partial charge in [0.25, 0.3) is 5.56 Å². The zero-order valence-electron chi connectivity index (χ0n) is 19.7. The summed E-state index contributed by atoms with van der Waals surface area (Å²) in [6, 6.07) is 8.09. The highest BCUT2D eigenvalue weighted by molar-refractivity contribution is 5.77. The summed E-state index contributed by atoms with van der Waals surface area (Å²) in [6.45, 7) is 8.00. The van der Waals surface area contributed by atoms with Gasteiger partial charge in [0.1, 0.15) is 11.2 Å². The number of hydrogen-bond acceptors (Lipinski definition) is 7. The third-order valence-corrected chi connectivity index (χ3v) is 6.86. The van der Waals surface area contributed by atoms with Crippen molar-refractivity contribution in [2.24, 2.45) is 0 Å². The summed E-state index contributed by atoms with van der Waals surface area (Å²) in [4.78, 5) is 31.9. The van der Waals surface area contributed by atoms with Crippen molar-refractivity contribution >= 4 is 22.7 Å². The van der Waals surface area contributed by atoms with Gasteiger partial charge in [-0.1, -0.05) is 13.0 Å². The molecule has 1 saturated carbocycles. The van der Waals surface area contributed by atoms with E-state index in [0.29, 0.717) is 22.8 Å². The molecule has 0 spiro atoms. The second kappa shape index (κ2) is 7.73. The molecule has 2 aliphatic rings. The van der Waals surface area contributed by atoms with Crippen molar-refractivity contribution in [1.82, 2.24) is 34.6 Å². The number of nitrogens with zero attached hydrogens (tertiary/aromatic N) is 6.